The molecule has 4 heterocycles. The number of halogens is 1. The van der Waals surface area contributed by atoms with E-state index in [4.69, 9.17) is 11.6 Å². The molecule has 0 amide bonds. The molecule has 0 fully saturated rings. The topological polar surface area (TPSA) is 56.5 Å². The molecule has 0 bridgehead atoms. The van der Waals surface area contributed by atoms with Crippen LogP contribution in [0.4, 0.5) is 0 Å². The summed E-state index contributed by atoms with van der Waals surface area (Å²) in [6, 6.07) is 9.41. The second-order valence-corrected chi connectivity index (χ2v) is 5.06. The minimum absolute atomic E-state index is 0.604. The number of aromatic nitrogens is 5. The van der Waals surface area contributed by atoms with Gasteiger partial charge in [-0.1, -0.05) is 17.7 Å². The summed E-state index contributed by atoms with van der Waals surface area (Å²) in [4.78, 5) is 13.2. The zero-order chi connectivity index (χ0) is 14.4. The van der Waals surface area contributed by atoms with Crippen molar-refractivity contribution in [3.05, 3.63) is 53.4 Å². The third kappa shape index (κ3) is 1.78. The van der Waals surface area contributed by atoms with Gasteiger partial charge in [0, 0.05) is 17.8 Å². The van der Waals surface area contributed by atoms with Crippen molar-refractivity contribution in [3.8, 4) is 5.82 Å². The van der Waals surface area contributed by atoms with E-state index in [9.17, 15) is 0 Å². The first-order chi connectivity index (χ1) is 10.3. The van der Waals surface area contributed by atoms with E-state index in [0.717, 1.165) is 16.5 Å². The van der Waals surface area contributed by atoms with E-state index >= 15 is 0 Å². The molecule has 0 radical (unpaired) electrons. The molecule has 4 aromatic rings. The Morgan fingerprint density at radius 1 is 1.05 bits per heavy atom. The Morgan fingerprint density at radius 3 is 2.71 bits per heavy atom. The summed E-state index contributed by atoms with van der Waals surface area (Å²) in [5.41, 5.74) is 2.09. The third-order valence-corrected chi connectivity index (χ3v) is 3.75. The Labute approximate surface area is 125 Å². The molecule has 4 rings (SSSR count). The summed E-state index contributed by atoms with van der Waals surface area (Å²) >= 11 is 6.53. The first-order valence-corrected chi connectivity index (χ1v) is 6.84. The van der Waals surface area contributed by atoms with E-state index in [0.29, 0.717) is 22.1 Å². The van der Waals surface area contributed by atoms with Gasteiger partial charge in [0.2, 0.25) is 0 Å². The van der Waals surface area contributed by atoms with E-state index in [-0.39, 0.29) is 0 Å². The van der Waals surface area contributed by atoms with E-state index in [1.807, 2.05) is 37.3 Å². The standard InChI is InChI=1S/C15H10ClN5/c1-9-12-13(16)10-5-4-8-18-14(10)19-15(12)21(20-9)11-6-2-3-7-17-11/h2-8H,1H3. The van der Waals surface area contributed by atoms with Gasteiger partial charge in [-0.25, -0.2) is 15.0 Å². The van der Waals surface area contributed by atoms with E-state index in [1.165, 1.54) is 0 Å². The predicted octanol–water partition coefficient (Wildman–Crippen LogP) is 3.33. The first kappa shape index (κ1) is 12.2. The molecular formula is C15H10ClN5. The average Bonchev–Trinajstić information content (AvgIpc) is 2.86. The Hall–Kier alpha value is -2.53. The molecule has 6 heteroatoms. The lowest BCUT2D eigenvalue weighted by Gasteiger charge is -2.03. The van der Waals surface area contributed by atoms with E-state index < -0.39 is 0 Å². The maximum Gasteiger partial charge on any atom is 0.168 e. The summed E-state index contributed by atoms with van der Waals surface area (Å²) in [6.07, 6.45) is 3.42. The maximum atomic E-state index is 6.53. The highest BCUT2D eigenvalue weighted by Crippen LogP contribution is 2.32. The van der Waals surface area contributed by atoms with Crippen molar-refractivity contribution in [1.29, 1.82) is 0 Å². The van der Waals surface area contributed by atoms with Crippen LogP contribution in [-0.2, 0) is 0 Å². The average molecular weight is 296 g/mol. The van der Waals surface area contributed by atoms with Crippen LogP contribution in [0.3, 0.4) is 0 Å². The fraction of sp³-hybridized carbons (Fsp3) is 0.0667. The van der Waals surface area contributed by atoms with Crippen LogP contribution in [0.25, 0.3) is 27.9 Å². The number of hydrogen-bond donors (Lipinski definition) is 0. The summed E-state index contributed by atoms with van der Waals surface area (Å²) in [7, 11) is 0. The highest BCUT2D eigenvalue weighted by Gasteiger charge is 2.17. The van der Waals surface area contributed by atoms with Crippen molar-refractivity contribution >= 4 is 33.7 Å². The van der Waals surface area contributed by atoms with E-state index in [1.54, 1.807) is 17.1 Å². The lowest BCUT2D eigenvalue weighted by Crippen LogP contribution is -2.00. The number of hydrogen-bond acceptors (Lipinski definition) is 4. The number of rotatable bonds is 1. The summed E-state index contributed by atoms with van der Waals surface area (Å²) in [5, 5.41) is 6.82. The molecule has 0 aliphatic rings. The van der Waals surface area contributed by atoms with Crippen molar-refractivity contribution in [2.75, 3.05) is 0 Å². The van der Waals surface area contributed by atoms with Crippen LogP contribution in [0.5, 0.6) is 0 Å². The minimum Gasteiger partial charge on any atom is -0.237 e. The number of pyridine rings is 3. The van der Waals surface area contributed by atoms with Crippen molar-refractivity contribution in [1.82, 2.24) is 24.7 Å². The maximum absolute atomic E-state index is 6.53. The van der Waals surface area contributed by atoms with Crippen molar-refractivity contribution < 1.29 is 0 Å². The molecule has 0 aromatic carbocycles. The number of fused-ring (bicyclic) bond motifs is 2. The van der Waals surface area contributed by atoms with Gasteiger partial charge in [0.1, 0.15) is 0 Å². The predicted molar refractivity (Wildman–Crippen MR) is 81.7 cm³/mol. The normalized spacial score (nSPS) is 11.3. The van der Waals surface area contributed by atoms with Gasteiger partial charge in [-0.15, -0.1) is 0 Å². The van der Waals surface area contributed by atoms with Crippen LogP contribution in [0.2, 0.25) is 5.02 Å². The molecule has 4 aromatic heterocycles. The third-order valence-electron chi connectivity index (χ3n) is 3.36. The van der Waals surface area contributed by atoms with Crippen molar-refractivity contribution in [2.24, 2.45) is 0 Å². The fourth-order valence-electron chi connectivity index (χ4n) is 2.41. The van der Waals surface area contributed by atoms with Crippen LogP contribution in [0.1, 0.15) is 5.69 Å². The van der Waals surface area contributed by atoms with Gasteiger partial charge in [-0.3, -0.25) is 0 Å². The smallest absolute Gasteiger partial charge is 0.168 e. The molecule has 102 valence electrons. The van der Waals surface area contributed by atoms with E-state index in [2.05, 4.69) is 20.1 Å². The molecule has 0 saturated heterocycles. The van der Waals surface area contributed by atoms with Gasteiger partial charge in [-0.2, -0.15) is 9.78 Å². The lowest BCUT2D eigenvalue weighted by atomic mass is 10.2. The largest absolute Gasteiger partial charge is 0.237 e. The molecule has 21 heavy (non-hydrogen) atoms. The molecule has 5 nitrogen and oxygen atoms in total. The Kier molecular flexibility index (Phi) is 2.62. The molecule has 0 atom stereocenters. The Bertz CT molecular complexity index is 962. The van der Waals surface area contributed by atoms with Crippen LogP contribution >= 0.6 is 11.6 Å². The molecule has 0 aliphatic heterocycles. The molecule has 0 N–H and O–H groups in total. The van der Waals surface area contributed by atoms with Crippen LogP contribution < -0.4 is 0 Å². The zero-order valence-corrected chi connectivity index (χ0v) is 11.9. The Morgan fingerprint density at radius 2 is 1.90 bits per heavy atom. The van der Waals surface area contributed by atoms with Gasteiger partial charge in [0.15, 0.2) is 17.1 Å². The SMILES string of the molecule is Cc1nn(-c2ccccn2)c2nc3ncccc3c(Cl)c12. The van der Waals surface area contributed by atoms with Gasteiger partial charge in [-0.05, 0) is 31.2 Å². The first-order valence-electron chi connectivity index (χ1n) is 6.46. The number of nitrogens with zero attached hydrogens (tertiary/aromatic N) is 5. The number of aryl methyl sites for hydroxylation is 1. The zero-order valence-electron chi connectivity index (χ0n) is 11.2. The second-order valence-electron chi connectivity index (χ2n) is 4.68. The molecule has 0 spiro atoms. The summed E-state index contributed by atoms with van der Waals surface area (Å²) < 4.78 is 1.70. The van der Waals surface area contributed by atoms with Gasteiger partial charge >= 0.3 is 0 Å². The van der Waals surface area contributed by atoms with Gasteiger partial charge in [0.05, 0.1) is 16.1 Å². The highest BCUT2D eigenvalue weighted by atomic mass is 35.5. The summed E-state index contributed by atoms with van der Waals surface area (Å²) in [6.45, 7) is 1.91. The van der Waals surface area contributed by atoms with Crippen molar-refractivity contribution in [3.63, 3.8) is 0 Å². The molecule has 0 aliphatic carbocycles. The van der Waals surface area contributed by atoms with Crippen molar-refractivity contribution in [2.45, 2.75) is 6.92 Å². The van der Waals surface area contributed by atoms with Crippen LogP contribution in [-0.4, -0.2) is 24.7 Å². The fourth-order valence-corrected chi connectivity index (χ4v) is 2.78. The van der Waals surface area contributed by atoms with Crippen LogP contribution in [0, 0.1) is 6.92 Å². The highest BCUT2D eigenvalue weighted by molar-refractivity contribution is 6.40. The Balaban J connectivity index is 2.16. The monoisotopic (exact) mass is 295 g/mol. The lowest BCUT2D eigenvalue weighted by molar-refractivity contribution is 0.848. The molecule has 0 saturated carbocycles. The quantitative estimate of drug-likeness (QED) is 0.540. The molecular weight excluding hydrogens is 286 g/mol. The summed E-state index contributed by atoms with van der Waals surface area (Å²) in [5.74, 6) is 0.703. The van der Waals surface area contributed by atoms with Crippen LogP contribution in [0.15, 0.2) is 42.7 Å². The van der Waals surface area contributed by atoms with Gasteiger partial charge in [0.25, 0.3) is 0 Å². The van der Waals surface area contributed by atoms with Gasteiger partial charge < -0.3 is 0 Å². The molecule has 0 unspecified atom stereocenters. The minimum atomic E-state index is 0.604. The second kappa shape index (κ2) is 4.49.